The Labute approximate surface area is 140 Å². The van der Waals surface area contributed by atoms with Crippen LogP contribution in [0.25, 0.3) is 10.8 Å². The molecule has 0 saturated heterocycles. The summed E-state index contributed by atoms with van der Waals surface area (Å²) in [6, 6.07) is 11.0. The Morgan fingerprint density at radius 1 is 1.04 bits per heavy atom. The average Bonchev–Trinajstić information content (AvgIpc) is 2.55. The van der Waals surface area contributed by atoms with Gasteiger partial charge in [-0.05, 0) is 37.8 Å². The summed E-state index contributed by atoms with van der Waals surface area (Å²) < 4.78 is 0. The second-order valence-corrected chi connectivity index (χ2v) is 6.30. The lowest BCUT2D eigenvalue weighted by Gasteiger charge is -2.27. The van der Waals surface area contributed by atoms with Gasteiger partial charge in [-0.2, -0.15) is 0 Å². The molecule has 1 aliphatic rings. The fraction of sp³-hybridized carbons (Fsp3) is 0.316. The van der Waals surface area contributed by atoms with Gasteiger partial charge in [-0.1, -0.05) is 24.3 Å². The summed E-state index contributed by atoms with van der Waals surface area (Å²) in [5.74, 6) is -0.633. The zero-order valence-corrected chi connectivity index (χ0v) is 13.8. The minimum absolute atomic E-state index is 0.0654. The molecule has 1 heterocycles. The third-order valence-corrected chi connectivity index (χ3v) is 4.09. The number of hydrogen-bond acceptors (Lipinski definition) is 3. The van der Waals surface area contributed by atoms with Gasteiger partial charge in [-0.3, -0.25) is 19.3 Å². The van der Waals surface area contributed by atoms with Crippen molar-refractivity contribution in [3.8, 4) is 0 Å². The van der Waals surface area contributed by atoms with Crippen molar-refractivity contribution in [2.45, 2.75) is 32.7 Å². The normalized spacial score (nSPS) is 13.7. The lowest BCUT2D eigenvalue weighted by Crippen LogP contribution is -2.41. The van der Waals surface area contributed by atoms with Crippen molar-refractivity contribution in [3.63, 3.8) is 0 Å². The predicted molar refractivity (Wildman–Crippen MR) is 91.8 cm³/mol. The summed E-state index contributed by atoms with van der Waals surface area (Å²) in [6.07, 6.45) is 0.745. The van der Waals surface area contributed by atoms with Crippen LogP contribution in [0.4, 0.5) is 0 Å². The molecule has 0 saturated carbocycles. The van der Waals surface area contributed by atoms with E-state index in [1.807, 2.05) is 38.1 Å². The quantitative estimate of drug-likeness (QED) is 0.860. The zero-order valence-electron chi connectivity index (χ0n) is 13.8. The van der Waals surface area contributed by atoms with Crippen molar-refractivity contribution in [2.75, 3.05) is 6.54 Å². The largest absolute Gasteiger partial charge is 0.354 e. The van der Waals surface area contributed by atoms with Gasteiger partial charge >= 0.3 is 0 Å². The second-order valence-electron chi connectivity index (χ2n) is 6.30. The molecule has 0 spiro atoms. The van der Waals surface area contributed by atoms with Crippen LogP contribution in [-0.2, 0) is 4.79 Å². The minimum Gasteiger partial charge on any atom is -0.354 e. The molecular formula is C19H20N2O3. The lowest BCUT2D eigenvalue weighted by molar-refractivity contribution is -0.121. The number of carbonyl (C=O) groups excluding carboxylic acids is 3. The van der Waals surface area contributed by atoms with E-state index in [0.29, 0.717) is 24.0 Å². The van der Waals surface area contributed by atoms with Gasteiger partial charge in [0.05, 0.1) is 0 Å². The Balaban J connectivity index is 1.79. The van der Waals surface area contributed by atoms with Gasteiger partial charge in [0.15, 0.2) is 0 Å². The standard InChI is InChI=1S/C19H20N2O3/c1-12(2)20-16(22)10-5-11-21-18(23)14-8-3-6-13-7-4-9-15(17(13)14)19(21)24/h3-4,6-9,12H,5,10-11H2,1-2H3,(H,20,22). The van der Waals surface area contributed by atoms with Gasteiger partial charge < -0.3 is 5.32 Å². The van der Waals surface area contributed by atoms with Crippen molar-refractivity contribution in [1.29, 1.82) is 0 Å². The van der Waals surface area contributed by atoms with Crippen LogP contribution in [0.1, 0.15) is 47.4 Å². The molecule has 5 heteroatoms. The SMILES string of the molecule is CC(C)NC(=O)CCCN1C(=O)c2cccc3cccc(c23)C1=O. The molecule has 0 radical (unpaired) electrons. The van der Waals surface area contributed by atoms with Crippen LogP contribution in [0.2, 0.25) is 0 Å². The van der Waals surface area contributed by atoms with Gasteiger partial charge in [0, 0.05) is 35.5 Å². The molecule has 2 aromatic rings. The highest BCUT2D eigenvalue weighted by molar-refractivity contribution is 6.25. The Kier molecular flexibility index (Phi) is 4.34. The van der Waals surface area contributed by atoms with E-state index in [1.54, 1.807) is 12.1 Å². The molecule has 0 aliphatic carbocycles. The van der Waals surface area contributed by atoms with Crippen molar-refractivity contribution in [2.24, 2.45) is 0 Å². The molecule has 3 rings (SSSR count). The van der Waals surface area contributed by atoms with Gasteiger partial charge in [0.25, 0.3) is 11.8 Å². The summed E-state index contributed by atoms with van der Waals surface area (Å²) in [5, 5.41) is 4.42. The molecule has 0 unspecified atom stereocenters. The second kappa shape index (κ2) is 6.43. The minimum atomic E-state index is -0.284. The fourth-order valence-electron chi connectivity index (χ4n) is 3.08. The predicted octanol–water partition coefficient (Wildman–Crippen LogP) is 2.74. The highest BCUT2D eigenvalue weighted by atomic mass is 16.2. The molecule has 0 aromatic heterocycles. The maximum Gasteiger partial charge on any atom is 0.261 e. The number of rotatable bonds is 5. The van der Waals surface area contributed by atoms with Crippen LogP contribution in [0, 0.1) is 0 Å². The van der Waals surface area contributed by atoms with Crippen LogP contribution in [0.15, 0.2) is 36.4 Å². The Hall–Kier alpha value is -2.69. The first-order valence-electron chi connectivity index (χ1n) is 8.16. The molecule has 5 nitrogen and oxygen atoms in total. The van der Waals surface area contributed by atoms with Crippen LogP contribution < -0.4 is 5.32 Å². The van der Waals surface area contributed by atoms with Crippen LogP contribution in [0.5, 0.6) is 0 Å². The number of amides is 3. The number of imide groups is 1. The molecule has 2 aromatic carbocycles. The maximum absolute atomic E-state index is 12.7. The lowest BCUT2D eigenvalue weighted by atomic mass is 9.94. The molecular weight excluding hydrogens is 304 g/mol. The van der Waals surface area contributed by atoms with Crippen molar-refractivity contribution < 1.29 is 14.4 Å². The monoisotopic (exact) mass is 324 g/mol. The molecule has 0 atom stereocenters. The van der Waals surface area contributed by atoms with Crippen LogP contribution in [0.3, 0.4) is 0 Å². The summed E-state index contributed by atoms with van der Waals surface area (Å²) in [5.41, 5.74) is 1.10. The Morgan fingerprint density at radius 2 is 1.62 bits per heavy atom. The highest BCUT2D eigenvalue weighted by Crippen LogP contribution is 2.29. The first-order valence-corrected chi connectivity index (χ1v) is 8.16. The third kappa shape index (κ3) is 2.89. The number of hydrogen-bond donors (Lipinski definition) is 1. The molecule has 1 N–H and O–H groups in total. The van der Waals surface area contributed by atoms with Gasteiger partial charge in [0.1, 0.15) is 0 Å². The van der Waals surface area contributed by atoms with Gasteiger partial charge in [-0.15, -0.1) is 0 Å². The Bertz CT molecular complexity index is 776. The number of nitrogens with one attached hydrogen (secondary N) is 1. The van der Waals surface area contributed by atoms with Crippen LogP contribution in [-0.4, -0.2) is 35.2 Å². The summed E-state index contributed by atoms with van der Waals surface area (Å²) in [4.78, 5) is 38.3. The number of nitrogens with zero attached hydrogens (tertiary/aromatic N) is 1. The zero-order chi connectivity index (χ0) is 17.3. The van der Waals surface area contributed by atoms with E-state index in [2.05, 4.69) is 5.32 Å². The fourth-order valence-corrected chi connectivity index (χ4v) is 3.08. The van der Waals surface area contributed by atoms with E-state index in [-0.39, 0.29) is 30.3 Å². The molecule has 124 valence electrons. The van der Waals surface area contributed by atoms with Crippen molar-refractivity contribution >= 4 is 28.5 Å². The van der Waals surface area contributed by atoms with Crippen LogP contribution >= 0.6 is 0 Å². The first kappa shape index (κ1) is 16.2. The van der Waals surface area contributed by atoms with Gasteiger partial charge in [0.2, 0.25) is 5.91 Å². The molecule has 0 bridgehead atoms. The highest BCUT2D eigenvalue weighted by Gasteiger charge is 2.32. The first-order chi connectivity index (χ1) is 11.5. The summed E-state index contributed by atoms with van der Waals surface area (Å²) >= 11 is 0. The van der Waals surface area contributed by atoms with E-state index < -0.39 is 0 Å². The smallest absolute Gasteiger partial charge is 0.261 e. The maximum atomic E-state index is 12.7. The third-order valence-electron chi connectivity index (χ3n) is 4.09. The van der Waals surface area contributed by atoms with E-state index in [0.717, 1.165) is 10.8 Å². The van der Waals surface area contributed by atoms with E-state index >= 15 is 0 Å². The Morgan fingerprint density at radius 3 is 2.17 bits per heavy atom. The topological polar surface area (TPSA) is 66.5 Å². The molecule has 0 fully saturated rings. The van der Waals surface area contributed by atoms with E-state index in [4.69, 9.17) is 0 Å². The molecule has 24 heavy (non-hydrogen) atoms. The summed E-state index contributed by atoms with van der Waals surface area (Å²) in [7, 11) is 0. The molecule has 1 aliphatic heterocycles. The van der Waals surface area contributed by atoms with Gasteiger partial charge in [-0.25, -0.2) is 0 Å². The molecule has 3 amide bonds. The number of carbonyl (C=O) groups is 3. The summed E-state index contributed by atoms with van der Waals surface area (Å²) in [6.45, 7) is 4.04. The van der Waals surface area contributed by atoms with Crippen molar-refractivity contribution in [1.82, 2.24) is 10.2 Å². The van der Waals surface area contributed by atoms with E-state index in [9.17, 15) is 14.4 Å². The van der Waals surface area contributed by atoms with E-state index in [1.165, 1.54) is 4.90 Å². The number of benzene rings is 2. The van der Waals surface area contributed by atoms with Crippen molar-refractivity contribution in [3.05, 3.63) is 47.5 Å². The average molecular weight is 324 g/mol.